The van der Waals surface area contributed by atoms with Crippen molar-refractivity contribution in [2.75, 3.05) is 13.2 Å². The number of halogens is 1. The SMILES string of the molecule is Ic1n[n]([Tl])c2ccnc(OC3CCOCC3)c12. The molecule has 92 valence electrons. The normalized spacial score (nSPS) is 17.1. The van der Waals surface area contributed by atoms with Gasteiger partial charge in [0.1, 0.15) is 0 Å². The fourth-order valence-corrected chi connectivity index (χ4v) is 5.00. The minimum absolute atomic E-state index is 0.215. The summed E-state index contributed by atoms with van der Waals surface area (Å²) < 4.78 is 14.4. The maximum atomic E-state index is 6.03. The first-order valence-corrected chi connectivity index (χ1v) is 8.87. The van der Waals surface area contributed by atoms with Crippen LogP contribution in [0.5, 0.6) is 5.88 Å². The summed E-state index contributed by atoms with van der Waals surface area (Å²) in [6, 6.07) is 2.00. The van der Waals surface area contributed by atoms with E-state index in [2.05, 4.69) is 32.7 Å². The van der Waals surface area contributed by atoms with Crippen molar-refractivity contribution in [2.45, 2.75) is 18.9 Å². The van der Waals surface area contributed by atoms with Gasteiger partial charge in [0.15, 0.2) is 0 Å². The summed E-state index contributed by atoms with van der Waals surface area (Å²) in [7, 11) is 0. The van der Waals surface area contributed by atoms with Gasteiger partial charge in [0, 0.05) is 0 Å². The van der Waals surface area contributed by atoms with Gasteiger partial charge in [0.2, 0.25) is 0 Å². The summed E-state index contributed by atoms with van der Waals surface area (Å²) in [5.74, 6) is 0.718. The van der Waals surface area contributed by atoms with E-state index in [4.69, 9.17) is 9.47 Å². The number of fused-ring (bicyclic) bond motifs is 1. The van der Waals surface area contributed by atoms with Gasteiger partial charge >= 0.3 is 136 Å². The molecule has 18 heavy (non-hydrogen) atoms. The van der Waals surface area contributed by atoms with Crippen LogP contribution >= 0.6 is 22.6 Å². The van der Waals surface area contributed by atoms with Crippen LogP contribution in [0.3, 0.4) is 0 Å². The Hall–Kier alpha value is 0.0321. The first kappa shape index (κ1) is 13.0. The molecule has 0 spiro atoms. The third-order valence-corrected chi connectivity index (χ3v) is 5.27. The number of rotatable bonds is 2. The van der Waals surface area contributed by atoms with Crippen LogP contribution in [0.4, 0.5) is 0 Å². The quantitative estimate of drug-likeness (QED) is 0.422. The molecule has 2 aromatic rings. The minimum atomic E-state index is 0.215. The molecule has 3 heterocycles. The number of ether oxygens (including phenoxy) is 2. The molecule has 1 saturated heterocycles. The van der Waals surface area contributed by atoms with Crippen molar-refractivity contribution in [1.82, 2.24) is 12.6 Å². The summed E-state index contributed by atoms with van der Waals surface area (Å²) in [4.78, 5) is 4.37. The topological polar surface area (TPSA) is 49.2 Å². The second kappa shape index (κ2) is 5.57. The van der Waals surface area contributed by atoms with Gasteiger partial charge in [-0.2, -0.15) is 0 Å². The Morgan fingerprint density at radius 1 is 1.44 bits per heavy atom. The summed E-state index contributed by atoms with van der Waals surface area (Å²) in [6.45, 7) is 1.55. The zero-order valence-electron chi connectivity index (χ0n) is 9.67. The Labute approximate surface area is 134 Å². The molecule has 0 atom stereocenters. The Kier molecular flexibility index (Phi) is 4.03. The molecular weight excluding hydrogens is 537 g/mol. The van der Waals surface area contributed by atoms with Gasteiger partial charge in [-0.25, -0.2) is 0 Å². The second-order valence-electron chi connectivity index (χ2n) is 4.18. The van der Waals surface area contributed by atoms with E-state index in [1.54, 1.807) is 6.20 Å². The Morgan fingerprint density at radius 2 is 2.22 bits per heavy atom. The summed E-state index contributed by atoms with van der Waals surface area (Å²) >= 11 is 2.90. The molecule has 0 bridgehead atoms. The van der Waals surface area contributed by atoms with Crippen LogP contribution in [0.15, 0.2) is 12.3 Å². The van der Waals surface area contributed by atoms with Crippen LogP contribution in [-0.4, -0.2) is 58.0 Å². The van der Waals surface area contributed by atoms with Crippen LogP contribution in [0.25, 0.3) is 10.9 Å². The first-order chi connectivity index (χ1) is 8.75. The molecule has 1 fully saturated rings. The number of nitrogens with zero attached hydrogens (tertiary/aromatic N) is 3. The maximum absolute atomic E-state index is 6.03. The van der Waals surface area contributed by atoms with E-state index in [0.717, 1.165) is 46.5 Å². The van der Waals surface area contributed by atoms with E-state index in [9.17, 15) is 0 Å². The number of hydrogen-bond donors (Lipinski definition) is 0. The van der Waals surface area contributed by atoms with E-state index in [0.29, 0.717) is 26.1 Å². The van der Waals surface area contributed by atoms with E-state index in [-0.39, 0.29) is 6.10 Å². The molecule has 0 N–H and O–H groups in total. The van der Waals surface area contributed by atoms with Gasteiger partial charge in [0.05, 0.1) is 0 Å². The average molecular weight is 549 g/mol. The molecule has 2 aromatic heterocycles. The van der Waals surface area contributed by atoms with Crippen LogP contribution < -0.4 is 4.74 Å². The molecule has 0 amide bonds. The van der Waals surface area contributed by atoms with Crippen molar-refractivity contribution in [2.24, 2.45) is 0 Å². The van der Waals surface area contributed by atoms with Gasteiger partial charge < -0.3 is 0 Å². The monoisotopic (exact) mass is 549 g/mol. The van der Waals surface area contributed by atoms with Crippen molar-refractivity contribution >= 4 is 59.6 Å². The predicted molar refractivity (Wildman–Crippen MR) is 75.9 cm³/mol. The van der Waals surface area contributed by atoms with E-state index in [1.165, 1.54) is 0 Å². The number of hydrogen-bond acceptors (Lipinski definition) is 4. The Balaban J connectivity index is 1.95. The van der Waals surface area contributed by atoms with Crippen molar-refractivity contribution < 1.29 is 9.47 Å². The van der Waals surface area contributed by atoms with Gasteiger partial charge in [-0.3, -0.25) is 0 Å². The third kappa shape index (κ3) is 2.50. The van der Waals surface area contributed by atoms with Crippen molar-refractivity contribution in [3.63, 3.8) is 0 Å². The van der Waals surface area contributed by atoms with Gasteiger partial charge in [-0.05, 0) is 0 Å². The molecular formula is C11H11IN3O2Tl. The fraction of sp³-hybridized carbons (Fsp3) is 0.455. The van der Waals surface area contributed by atoms with Crippen molar-refractivity contribution in [3.8, 4) is 5.88 Å². The molecule has 1 aliphatic rings. The average Bonchev–Trinajstić information content (AvgIpc) is 2.67. The molecule has 0 aliphatic carbocycles. The van der Waals surface area contributed by atoms with E-state index in [1.807, 2.05) is 8.56 Å². The van der Waals surface area contributed by atoms with Gasteiger partial charge in [-0.1, -0.05) is 0 Å². The van der Waals surface area contributed by atoms with Crippen LogP contribution in [0, 0.1) is 3.70 Å². The molecule has 5 nitrogen and oxygen atoms in total. The Bertz CT molecular complexity index is 569. The zero-order valence-corrected chi connectivity index (χ0v) is 16.3. The molecule has 0 radical (unpaired) electrons. The summed E-state index contributed by atoms with van der Waals surface area (Å²) in [5.41, 5.74) is 1.13. The number of pyridine rings is 1. The molecule has 7 heteroatoms. The van der Waals surface area contributed by atoms with Crippen molar-refractivity contribution in [3.05, 3.63) is 16.0 Å². The molecule has 0 saturated carbocycles. The van der Waals surface area contributed by atoms with E-state index < -0.39 is 0 Å². The van der Waals surface area contributed by atoms with Crippen molar-refractivity contribution in [1.29, 1.82) is 0 Å². The summed E-state index contributed by atoms with van der Waals surface area (Å²) in [5, 5.41) is 5.52. The summed E-state index contributed by atoms with van der Waals surface area (Å²) in [6.07, 6.45) is 3.89. The molecule has 3 rings (SSSR count). The molecule has 1 aliphatic heterocycles. The van der Waals surface area contributed by atoms with Gasteiger partial charge in [0.25, 0.3) is 0 Å². The standard InChI is InChI=1S/C11H11IN3O2.Tl/c12-10-9-8(14-15-10)1-4-13-11(9)17-7-2-5-16-6-3-7;/h1,4,7H,2-3,5-6H2;/q-1;+1. The Morgan fingerprint density at radius 3 is 3.00 bits per heavy atom. The fourth-order valence-electron chi connectivity index (χ4n) is 2.06. The van der Waals surface area contributed by atoms with E-state index >= 15 is 0 Å². The van der Waals surface area contributed by atoms with Crippen LogP contribution in [0.1, 0.15) is 12.8 Å². The van der Waals surface area contributed by atoms with Crippen LogP contribution in [-0.2, 0) is 4.74 Å². The van der Waals surface area contributed by atoms with Crippen LogP contribution in [0.2, 0.25) is 0 Å². The zero-order chi connectivity index (χ0) is 12.5. The second-order valence-corrected chi connectivity index (χ2v) is 7.10. The number of aromatic nitrogens is 3. The third-order valence-electron chi connectivity index (χ3n) is 2.99. The predicted octanol–water partition coefficient (Wildman–Crippen LogP) is 1.53. The first-order valence-electron chi connectivity index (χ1n) is 5.78. The van der Waals surface area contributed by atoms with Gasteiger partial charge in [-0.15, -0.1) is 0 Å². The molecule has 0 aromatic carbocycles. The molecule has 0 unspecified atom stereocenters.